The van der Waals surface area contributed by atoms with Crippen LogP contribution < -0.4 is 11.1 Å². The molecule has 2 amide bonds. The second-order valence-corrected chi connectivity index (χ2v) is 3.80. The molecule has 0 heterocycles. The molecule has 0 spiro atoms. The van der Waals surface area contributed by atoms with Gasteiger partial charge in [0.1, 0.15) is 0 Å². The van der Waals surface area contributed by atoms with Gasteiger partial charge >= 0.3 is 18.1 Å². The third-order valence-electron chi connectivity index (χ3n) is 2.32. The van der Waals surface area contributed by atoms with Gasteiger partial charge in [0.2, 0.25) is 0 Å². The maximum absolute atomic E-state index is 12.5. The topological polar surface area (TPSA) is 98.5 Å². The number of carbonyl (C=O) groups is 3. The van der Waals surface area contributed by atoms with Gasteiger partial charge in [-0.3, -0.25) is 9.59 Å². The number of ether oxygens (including phenoxy) is 1. The van der Waals surface area contributed by atoms with Gasteiger partial charge in [-0.15, -0.1) is 0 Å². The Morgan fingerprint density at radius 3 is 2.38 bits per heavy atom. The second-order valence-electron chi connectivity index (χ2n) is 3.80. The molecule has 1 rings (SSSR count). The van der Waals surface area contributed by atoms with Crippen LogP contribution in [0.15, 0.2) is 18.2 Å². The fourth-order valence-corrected chi connectivity index (χ4v) is 1.40. The number of primary amides is 1. The van der Waals surface area contributed by atoms with Gasteiger partial charge < -0.3 is 15.8 Å². The van der Waals surface area contributed by atoms with Gasteiger partial charge in [0.25, 0.3) is 5.91 Å². The Morgan fingerprint density at radius 2 is 1.90 bits per heavy atom. The average molecular weight is 304 g/mol. The number of hydrogen-bond acceptors (Lipinski definition) is 4. The molecular weight excluding hydrogens is 293 g/mol. The number of alkyl halides is 3. The van der Waals surface area contributed by atoms with Crippen molar-refractivity contribution < 1.29 is 32.3 Å². The van der Waals surface area contributed by atoms with E-state index < -0.39 is 35.1 Å². The van der Waals surface area contributed by atoms with E-state index in [4.69, 9.17) is 5.73 Å². The highest BCUT2D eigenvalue weighted by Crippen LogP contribution is 2.31. The number of nitrogens with one attached hydrogen (secondary N) is 1. The van der Waals surface area contributed by atoms with Crippen LogP contribution in [0.25, 0.3) is 0 Å². The number of esters is 1. The number of anilines is 1. The Morgan fingerprint density at radius 1 is 1.29 bits per heavy atom. The molecular formula is C12H11F3N2O4. The van der Waals surface area contributed by atoms with Gasteiger partial charge in [-0.1, -0.05) is 0 Å². The van der Waals surface area contributed by atoms with Gasteiger partial charge in [0.15, 0.2) is 0 Å². The Kier molecular flexibility index (Phi) is 4.90. The molecule has 9 heteroatoms. The number of nitrogens with two attached hydrogens (primary N) is 1. The van der Waals surface area contributed by atoms with Gasteiger partial charge in [0, 0.05) is 0 Å². The first kappa shape index (κ1) is 16.5. The van der Waals surface area contributed by atoms with Crippen LogP contribution in [0.4, 0.5) is 18.9 Å². The highest BCUT2D eigenvalue weighted by atomic mass is 19.4. The number of halogens is 3. The summed E-state index contributed by atoms with van der Waals surface area (Å²) in [5, 5.41) is 1.97. The molecule has 0 aliphatic rings. The van der Waals surface area contributed by atoms with Gasteiger partial charge in [-0.25, -0.2) is 4.79 Å². The lowest BCUT2D eigenvalue weighted by Crippen LogP contribution is -2.27. The summed E-state index contributed by atoms with van der Waals surface area (Å²) in [7, 11) is 0. The summed E-state index contributed by atoms with van der Waals surface area (Å²) < 4.78 is 42.0. The van der Waals surface area contributed by atoms with Crippen LogP contribution in [-0.4, -0.2) is 24.4 Å². The highest BCUT2D eigenvalue weighted by molar-refractivity contribution is 6.37. The monoisotopic (exact) mass is 304 g/mol. The fourth-order valence-electron chi connectivity index (χ4n) is 1.40. The SMILES string of the molecule is CCOC(=O)C(=O)Nc1ccc(C(F)(F)F)cc1C(N)=O. The molecule has 114 valence electrons. The van der Waals surface area contributed by atoms with Crippen LogP contribution in [0.3, 0.4) is 0 Å². The molecule has 6 nitrogen and oxygen atoms in total. The minimum absolute atomic E-state index is 0.0536. The van der Waals surface area contributed by atoms with Crippen molar-refractivity contribution in [2.75, 3.05) is 11.9 Å². The van der Waals surface area contributed by atoms with Crippen molar-refractivity contribution >= 4 is 23.5 Å². The summed E-state index contributed by atoms with van der Waals surface area (Å²) >= 11 is 0. The third-order valence-corrected chi connectivity index (χ3v) is 2.32. The summed E-state index contributed by atoms with van der Waals surface area (Å²) in [5.41, 5.74) is 2.98. The van der Waals surface area contributed by atoms with E-state index in [2.05, 4.69) is 4.74 Å². The molecule has 0 bridgehead atoms. The van der Waals surface area contributed by atoms with E-state index in [9.17, 15) is 27.6 Å². The van der Waals surface area contributed by atoms with Gasteiger partial charge in [-0.05, 0) is 25.1 Å². The number of hydrogen-bond donors (Lipinski definition) is 2. The summed E-state index contributed by atoms with van der Waals surface area (Å²) in [6.45, 7) is 1.42. The average Bonchev–Trinajstić information content (AvgIpc) is 2.37. The summed E-state index contributed by atoms with van der Waals surface area (Å²) in [4.78, 5) is 33.7. The molecule has 21 heavy (non-hydrogen) atoms. The standard InChI is InChI=1S/C12H11F3N2O4/c1-2-21-11(20)10(19)17-8-4-3-6(12(13,14)15)5-7(8)9(16)18/h3-5H,2H2,1H3,(H2,16,18)(H,17,19). The van der Waals surface area contributed by atoms with Crippen molar-refractivity contribution in [3.63, 3.8) is 0 Å². The maximum atomic E-state index is 12.5. The molecule has 0 saturated heterocycles. The van der Waals surface area contributed by atoms with Crippen molar-refractivity contribution in [1.82, 2.24) is 0 Å². The number of rotatable bonds is 3. The van der Waals surface area contributed by atoms with E-state index in [1.54, 1.807) is 0 Å². The Balaban J connectivity index is 3.11. The van der Waals surface area contributed by atoms with Crippen LogP contribution in [0.2, 0.25) is 0 Å². The highest BCUT2D eigenvalue weighted by Gasteiger charge is 2.32. The Labute approximate surface area is 117 Å². The van der Waals surface area contributed by atoms with E-state index in [1.165, 1.54) is 6.92 Å². The van der Waals surface area contributed by atoms with Crippen LogP contribution in [0.5, 0.6) is 0 Å². The van der Waals surface area contributed by atoms with Crippen LogP contribution in [-0.2, 0) is 20.5 Å². The summed E-state index contributed by atoms with van der Waals surface area (Å²) in [6, 6.07) is 1.97. The predicted octanol–water partition coefficient (Wildman–Crippen LogP) is 1.31. The molecule has 3 N–H and O–H groups in total. The Hall–Kier alpha value is -2.58. The first-order valence-electron chi connectivity index (χ1n) is 5.66. The molecule has 0 saturated carbocycles. The molecule has 0 fully saturated rings. The zero-order valence-corrected chi connectivity index (χ0v) is 10.8. The fraction of sp³-hybridized carbons (Fsp3) is 0.250. The number of carbonyl (C=O) groups excluding carboxylic acids is 3. The van der Waals surface area contributed by atoms with E-state index in [0.29, 0.717) is 12.1 Å². The zero-order valence-electron chi connectivity index (χ0n) is 10.8. The van der Waals surface area contributed by atoms with E-state index in [0.717, 1.165) is 6.07 Å². The van der Waals surface area contributed by atoms with Gasteiger partial charge in [0.05, 0.1) is 23.4 Å². The molecule has 1 aromatic carbocycles. The van der Waals surface area contributed by atoms with Crippen LogP contribution in [0, 0.1) is 0 Å². The predicted molar refractivity (Wildman–Crippen MR) is 65.2 cm³/mol. The Bertz CT molecular complexity index is 584. The number of benzene rings is 1. The molecule has 0 atom stereocenters. The lowest BCUT2D eigenvalue weighted by atomic mass is 10.1. The smallest absolute Gasteiger partial charge is 0.416 e. The minimum Gasteiger partial charge on any atom is -0.459 e. The molecule has 0 aromatic heterocycles. The van der Waals surface area contributed by atoms with Crippen molar-refractivity contribution in [2.45, 2.75) is 13.1 Å². The minimum atomic E-state index is -4.67. The molecule has 0 radical (unpaired) electrons. The first-order chi connectivity index (χ1) is 9.66. The second kappa shape index (κ2) is 6.25. The third kappa shape index (κ3) is 4.20. The normalized spacial score (nSPS) is 10.9. The van der Waals surface area contributed by atoms with Crippen molar-refractivity contribution in [2.24, 2.45) is 5.73 Å². The molecule has 0 unspecified atom stereocenters. The largest absolute Gasteiger partial charge is 0.459 e. The van der Waals surface area contributed by atoms with Crippen LogP contribution in [0.1, 0.15) is 22.8 Å². The van der Waals surface area contributed by atoms with Crippen molar-refractivity contribution in [1.29, 1.82) is 0 Å². The van der Waals surface area contributed by atoms with Gasteiger partial charge in [-0.2, -0.15) is 13.2 Å². The molecule has 0 aliphatic heterocycles. The summed E-state index contributed by atoms with van der Waals surface area (Å²) in [5.74, 6) is -3.63. The van der Waals surface area contributed by atoms with Crippen molar-refractivity contribution in [3.05, 3.63) is 29.3 Å². The molecule has 0 aliphatic carbocycles. The van der Waals surface area contributed by atoms with Crippen molar-refractivity contribution in [3.8, 4) is 0 Å². The zero-order chi connectivity index (χ0) is 16.2. The summed E-state index contributed by atoms with van der Waals surface area (Å²) in [6.07, 6.45) is -4.67. The van der Waals surface area contributed by atoms with E-state index >= 15 is 0 Å². The lowest BCUT2D eigenvalue weighted by molar-refractivity contribution is -0.152. The van der Waals surface area contributed by atoms with E-state index in [1.807, 2.05) is 5.32 Å². The van der Waals surface area contributed by atoms with Crippen LogP contribution >= 0.6 is 0 Å². The number of amides is 2. The lowest BCUT2D eigenvalue weighted by Gasteiger charge is -2.12. The first-order valence-corrected chi connectivity index (χ1v) is 5.66. The quantitative estimate of drug-likeness (QED) is 0.649. The van der Waals surface area contributed by atoms with E-state index in [-0.39, 0.29) is 12.3 Å². The molecule has 1 aromatic rings. The maximum Gasteiger partial charge on any atom is 0.416 e.